The predicted molar refractivity (Wildman–Crippen MR) is 111 cm³/mol. The summed E-state index contributed by atoms with van der Waals surface area (Å²) >= 11 is 0. The van der Waals surface area contributed by atoms with Crippen LogP contribution >= 0.6 is 0 Å². The van der Waals surface area contributed by atoms with Crippen molar-refractivity contribution >= 4 is 22.1 Å². The molecule has 30 heavy (non-hydrogen) atoms. The zero-order chi connectivity index (χ0) is 22.0. The van der Waals surface area contributed by atoms with Gasteiger partial charge in [0.2, 0.25) is 10.0 Å². The number of carboxylic acids is 1. The molecular weight excluding hydrogens is 408 g/mol. The van der Waals surface area contributed by atoms with Crippen LogP contribution in [-0.2, 0) is 26.2 Å². The summed E-state index contributed by atoms with van der Waals surface area (Å²) in [6, 6.07) is 14.2. The van der Waals surface area contributed by atoms with Crippen LogP contribution in [0.4, 0.5) is 4.79 Å². The van der Waals surface area contributed by atoms with Gasteiger partial charge in [0.1, 0.15) is 12.6 Å². The summed E-state index contributed by atoms with van der Waals surface area (Å²) in [5.74, 6) is -1.25. The van der Waals surface area contributed by atoms with E-state index in [4.69, 9.17) is 4.74 Å². The van der Waals surface area contributed by atoms with Crippen molar-refractivity contribution in [3.63, 3.8) is 0 Å². The number of hydrogen-bond donors (Lipinski definition) is 3. The van der Waals surface area contributed by atoms with Gasteiger partial charge in [-0.1, -0.05) is 48.0 Å². The van der Waals surface area contributed by atoms with E-state index in [2.05, 4.69) is 10.0 Å². The van der Waals surface area contributed by atoms with E-state index in [0.29, 0.717) is 19.4 Å². The average molecular weight is 435 g/mol. The second-order valence-electron chi connectivity index (χ2n) is 6.81. The molecule has 0 radical (unpaired) electrons. The molecule has 1 amide bonds. The van der Waals surface area contributed by atoms with Gasteiger partial charge < -0.3 is 15.2 Å². The average Bonchev–Trinajstić information content (AvgIpc) is 2.72. The Kier molecular flexibility index (Phi) is 8.82. The standard InChI is InChI=1S/C21H26N2O6S/c1-16-10-12-18(13-11-16)30(27,28)23-19(20(24)25)9-5-6-14-22-21(26)29-15-17-7-3-2-4-8-17/h2-4,7-8,10-13,19,23H,5-6,9,14-15H2,1H3,(H,22,26)(H,24,25)/t19-/m1/s1. The smallest absolute Gasteiger partial charge is 0.407 e. The SMILES string of the molecule is Cc1ccc(S(=O)(=O)N[C@H](CCCCNC(=O)OCc2ccccc2)C(=O)O)cc1. The van der Waals surface area contributed by atoms with Crippen LogP contribution < -0.4 is 10.0 Å². The van der Waals surface area contributed by atoms with E-state index >= 15 is 0 Å². The number of carbonyl (C=O) groups excluding carboxylic acids is 1. The molecule has 9 heteroatoms. The van der Waals surface area contributed by atoms with Crippen molar-refractivity contribution in [2.45, 2.75) is 43.7 Å². The monoisotopic (exact) mass is 434 g/mol. The molecule has 0 aromatic heterocycles. The van der Waals surface area contributed by atoms with Gasteiger partial charge in [-0.15, -0.1) is 0 Å². The quantitative estimate of drug-likeness (QED) is 0.468. The molecule has 2 aromatic carbocycles. The number of alkyl carbamates (subject to hydrolysis) is 1. The number of ether oxygens (including phenoxy) is 1. The first-order valence-corrected chi connectivity index (χ1v) is 11.0. The van der Waals surface area contributed by atoms with Gasteiger partial charge in [0.05, 0.1) is 4.90 Å². The number of hydrogen-bond acceptors (Lipinski definition) is 5. The number of aryl methyl sites for hydroxylation is 1. The molecule has 2 rings (SSSR count). The van der Waals surface area contributed by atoms with Crippen molar-refractivity contribution in [1.82, 2.24) is 10.0 Å². The van der Waals surface area contributed by atoms with Crippen LogP contribution in [0.2, 0.25) is 0 Å². The van der Waals surface area contributed by atoms with Crippen molar-refractivity contribution in [3.05, 3.63) is 65.7 Å². The predicted octanol–water partition coefficient (Wildman–Crippen LogP) is 2.82. The summed E-state index contributed by atoms with van der Waals surface area (Å²) in [6.45, 7) is 2.29. The third kappa shape index (κ3) is 7.84. The van der Waals surface area contributed by atoms with Crippen molar-refractivity contribution < 1.29 is 27.9 Å². The van der Waals surface area contributed by atoms with Crippen LogP contribution in [0.25, 0.3) is 0 Å². The van der Waals surface area contributed by atoms with E-state index in [1.54, 1.807) is 12.1 Å². The lowest BCUT2D eigenvalue weighted by Crippen LogP contribution is -2.40. The van der Waals surface area contributed by atoms with Gasteiger partial charge in [-0.2, -0.15) is 4.72 Å². The van der Waals surface area contributed by atoms with Crippen molar-refractivity contribution in [2.75, 3.05) is 6.54 Å². The van der Waals surface area contributed by atoms with E-state index in [-0.39, 0.29) is 17.9 Å². The molecule has 0 aliphatic rings. The molecule has 0 spiro atoms. The Hall–Kier alpha value is -2.91. The Balaban J connectivity index is 1.72. The van der Waals surface area contributed by atoms with Crippen molar-refractivity contribution in [3.8, 4) is 0 Å². The Morgan fingerprint density at radius 3 is 2.33 bits per heavy atom. The Morgan fingerprint density at radius 2 is 1.70 bits per heavy atom. The Morgan fingerprint density at radius 1 is 1.03 bits per heavy atom. The normalized spacial score (nSPS) is 12.2. The number of nitrogens with one attached hydrogen (secondary N) is 2. The molecule has 0 fully saturated rings. The van der Waals surface area contributed by atoms with E-state index in [1.807, 2.05) is 37.3 Å². The summed E-state index contributed by atoms with van der Waals surface area (Å²) in [7, 11) is -3.93. The highest BCUT2D eigenvalue weighted by Crippen LogP contribution is 2.12. The number of amides is 1. The van der Waals surface area contributed by atoms with Gasteiger partial charge in [-0.25, -0.2) is 13.2 Å². The summed E-state index contributed by atoms with van der Waals surface area (Å²) in [5.41, 5.74) is 1.77. The summed E-state index contributed by atoms with van der Waals surface area (Å²) < 4.78 is 32.1. The molecule has 8 nitrogen and oxygen atoms in total. The number of carbonyl (C=O) groups is 2. The molecule has 1 atom stereocenters. The van der Waals surface area contributed by atoms with Gasteiger partial charge in [0.15, 0.2) is 0 Å². The molecule has 0 saturated heterocycles. The van der Waals surface area contributed by atoms with Crippen molar-refractivity contribution in [2.24, 2.45) is 0 Å². The van der Waals surface area contributed by atoms with Crippen LogP contribution in [0.1, 0.15) is 30.4 Å². The molecule has 0 aliphatic heterocycles. The van der Waals surface area contributed by atoms with E-state index < -0.39 is 28.1 Å². The zero-order valence-electron chi connectivity index (χ0n) is 16.7. The topological polar surface area (TPSA) is 122 Å². The molecule has 2 aromatic rings. The lowest BCUT2D eigenvalue weighted by molar-refractivity contribution is -0.139. The summed E-state index contributed by atoms with van der Waals surface area (Å²) in [4.78, 5) is 23.1. The second kappa shape index (κ2) is 11.3. The highest BCUT2D eigenvalue weighted by atomic mass is 32.2. The largest absolute Gasteiger partial charge is 0.480 e. The van der Waals surface area contributed by atoms with Crippen LogP contribution in [0.5, 0.6) is 0 Å². The highest BCUT2D eigenvalue weighted by Gasteiger charge is 2.24. The fourth-order valence-electron chi connectivity index (χ4n) is 2.64. The van der Waals surface area contributed by atoms with Gasteiger partial charge in [0, 0.05) is 6.54 Å². The Bertz CT molecular complexity index is 930. The molecule has 162 valence electrons. The van der Waals surface area contributed by atoms with E-state index in [1.165, 1.54) is 12.1 Å². The van der Waals surface area contributed by atoms with E-state index in [0.717, 1.165) is 11.1 Å². The van der Waals surface area contributed by atoms with Crippen molar-refractivity contribution in [1.29, 1.82) is 0 Å². The van der Waals surface area contributed by atoms with Gasteiger partial charge >= 0.3 is 12.1 Å². The molecule has 0 heterocycles. The third-order valence-electron chi connectivity index (χ3n) is 4.33. The molecule has 0 saturated carbocycles. The summed E-state index contributed by atoms with van der Waals surface area (Å²) in [6.07, 6.45) is 0.429. The number of unbranched alkanes of at least 4 members (excludes halogenated alkanes) is 1. The Labute approximate surface area is 176 Å². The minimum Gasteiger partial charge on any atom is -0.480 e. The van der Waals surface area contributed by atoms with Crippen LogP contribution in [0.3, 0.4) is 0 Å². The number of benzene rings is 2. The lowest BCUT2D eigenvalue weighted by atomic mass is 10.1. The second-order valence-corrected chi connectivity index (χ2v) is 8.52. The molecule has 0 aliphatic carbocycles. The summed E-state index contributed by atoms with van der Waals surface area (Å²) in [5, 5.41) is 11.9. The minimum atomic E-state index is -3.93. The first-order valence-electron chi connectivity index (χ1n) is 9.54. The number of sulfonamides is 1. The number of rotatable bonds is 11. The van der Waals surface area contributed by atoms with Crippen LogP contribution in [0, 0.1) is 6.92 Å². The fraction of sp³-hybridized carbons (Fsp3) is 0.333. The molecular formula is C21H26N2O6S. The van der Waals surface area contributed by atoms with Crippen LogP contribution in [0.15, 0.2) is 59.5 Å². The minimum absolute atomic E-state index is 0.0159. The van der Waals surface area contributed by atoms with Crippen LogP contribution in [-0.4, -0.2) is 38.2 Å². The van der Waals surface area contributed by atoms with Gasteiger partial charge in [0.25, 0.3) is 0 Å². The zero-order valence-corrected chi connectivity index (χ0v) is 17.5. The number of aliphatic carboxylic acids is 1. The lowest BCUT2D eigenvalue weighted by Gasteiger charge is -2.15. The number of carboxylic acid groups (broad SMARTS) is 1. The third-order valence-corrected chi connectivity index (χ3v) is 5.82. The first-order chi connectivity index (χ1) is 14.3. The maximum atomic E-state index is 12.4. The van der Waals surface area contributed by atoms with Gasteiger partial charge in [-0.3, -0.25) is 4.79 Å². The molecule has 3 N–H and O–H groups in total. The highest BCUT2D eigenvalue weighted by molar-refractivity contribution is 7.89. The molecule has 0 bridgehead atoms. The maximum Gasteiger partial charge on any atom is 0.407 e. The van der Waals surface area contributed by atoms with E-state index in [9.17, 15) is 23.1 Å². The van der Waals surface area contributed by atoms with Gasteiger partial charge in [-0.05, 0) is 43.9 Å². The molecule has 0 unspecified atom stereocenters. The fourth-order valence-corrected chi connectivity index (χ4v) is 3.87. The first kappa shape index (κ1) is 23.4. The maximum absolute atomic E-state index is 12.4.